The molecule has 0 saturated carbocycles. The minimum Gasteiger partial charge on any atom is -0.381 e. The van der Waals surface area contributed by atoms with Crippen LogP contribution in [0.2, 0.25) is 0 Å². The lowest BCUT2D eigenvalue weighted by molar-refractivity contribution is 0.0102. The van der Waals surface area contributed by atoms with E-state index in [9.17, 15) is 0 Å². The minimum absolute atomic E-state index is 0.354. The van der Waals surface area contributed by atoms with Crippen LogP contribution in [0.4, 0.5) is 0 Å². The van der Waals surface area contributed by atoms with E-state index in [1.54, 1.807) is 7.11 Å². The van der Waals surface area contributed by atoms with Gasteiger partial charge in [0.1, 0.15) is 0 Å². The summed E-state index contributed by atoms with van der Waals surface area (Å²) in [4.78, 5) is 2.49. The molecule has 2 aromatic carbocycles. The highest BCUT2D eigenvalue weighted by Gasteiger charge is 2.27. The van der Waals surface area contributed by atoms with Crippen molar-refractivity contribution in [2.24, 2.45) is 5.73 Å². The number of halogens is 1. The summed E-state index contributed by atoms with van der Waals surface area (Å²) < 4.78 is 6.64. The maximum Gasteiger partial charge on any atom is 0.0599 e. The summed E-state index contributed by atoms with van der Waals surface area (Å²) in [5.41, 5.74) is 9.77. The molecule has 1 aliphatic rings. The summed E-state index contributed by atoms with van der Waals surface area (Å²) in [5.74, 6) is 0. The number of ether oxygens (including phenoxy) is 1. The lowest BCUT2D eigenvalue weighted by atomic mass is 9.98. The monoisotopic (exact) mass is 388 g/mol. The molecule has 0 radical (unpaired) electrons. The highest BCUT2D eigenvalue weighted by molar-refractivity contribution is 9.10. The first-order valence-corrected chi connectivity index (χ1v) is 9.31. The third-order valence-corrected chi connectivity index (χ3v) is 5.61. The fraction of sp³-hybridized carbons (Fsp3) is 0.400. The van der Waals surface area contributed by atoms with E-state index in [0.29, 0.717) is 18.7 Å². The summed E-state index contributed by atoms with van der Waals surface area (Å²) in [6.07, 6.45) is 2.47. The maximum absolute atomic E-state index is 5.98. The van der Waals surface area contributed by atoms with E-state index in [4.69, 9.17) is 10.5 Å². The Morgan fingerprint density at radius 1 is 1.17 bits per heavy atom. The van der Waals surface area contributed by atoms with Gasteiger partial charge < -0.3 is 10.5 Å². The van der Waals surface area contributed by atoms with Crippen LogP contribution in [0.25, 0.3) is 11.1 Å². The van der Waals surface area contributed by atoms with Gasteiger partial charge in [0.05, 0.1) is 6.10 Å². The Balaban J connectivity index is 1.69. The molecule has 3 rings (SSSR count). The fourth-order valence-electron chi connectivity index (χ4n) is 3.45. The first-order valence-electron chi connectivity index (χ1n) is 8.52. The predicted octanol–water partition coefficient (Wildman–Crippen LogP) is 4.05. The summed E-state index contributed by atoms with van der Waals surface area (Å²) in [6.45, 7) is 2.69. The van der Waals surface area contributed by atoms with Crippen molar-refractivity contribution in [2.45, 2.75) is 31.5 Å². The Hall–Kier alpha value is -1.20. The van der Waals surface area contributed by atoms with E-state index < -0.39 is 0 Å². The summed E-state index contributed by atoms with van der Waals surface area (Å²) in [6, 6.07) is 17.6. The van der Waals surface area contributed by atoms with Crippen LogP contribution in [-0.4, -0.2) is 37.2 Å². The molecular weight excluding hydrogens is 364 g/mol. The number of methoxy groups -OCH3 is 1. The van der Waals surface area contributed by atoms with Crippen molar-refractivity contribution in [3.63, 3.8) is 0 Å². The Morgan fingerprint density at radius 2 is 1.92 bits per heavy atom. The van der Waals surface area contributed by atoms with Gasteiger partial charge in [-0.3, -0.25) is 4.90 Å². The molecule has 0 aromatic heterocycles. The van der Waals surface area contributed by atoms with Crippen molar-refractivity contribution in [3.05, 3.63) is 58.6 Å². The zero-order valence-electron chi connectivity index (χ0n) is 14.1. The van der Waals surface area contributed by atoms with Crippen molar-refractivity contribution >= 4 is 15.9 Å². The normalized spacial score (nSPS) is 21.8. The van der Waals surface area contributed by atoms with Crippen LogP contribution in [0.15, 0.2) is 53.0 Å². The molecule has 2 N–H and O–H groups in total. The van der Waals surface area contributed by atoms with Crippen LogP contribution in [0.1, 0.15) is 18.4 Å². The van der Waals surface area contributed by atoms with Crippen LogP contribution in [0.3, 0.4) is 0 Å². The highest BCUT2D eigenvalue weighted by Crippen LogP contribution is 2.28. The molecule has 128 valence electrons. The van der Waals surface area contributed by atoms with Gasteiger partial charge in [-0.25, -0.2) is 0 Å². The minimum atomic E-state index is 0.354. The van der Waals surface area contributed by atoms with Gasteiger partial charge in [-0.2, -0.15) is 0 Å². The molecule has 24 heavy (non-hydrogen) atoms. The van der Waals surface area contributed by atoms with Crippen LogP contribution < -0.4 is 5.73 Å². The van der Waals surface area contributed by atoms with Crippen molar-refractivity contribution in [1.82, 2.24) is 4.90 Å². The van der Waals surface area contributed by atoms with E-state index in [1.807, 2.05) is 6.07 Å². The van der Waals surface area contributed by atoms with Crippen LogP contribution >= 0.6 is 15.9 Å². The number of nitrogens with zero attached hydrogens (tertiary/aromatic N) is 1. The van der Waals surface area contributed by atoms with Gasteiger partial charge in [0.15, 0.2) is 0 Å². The Kier molecular flexibility index (Phi) is 6.06. The first-order chi connectivity index (χ1) is 11.7. The predicted molar refractivity (Wildman–Crippen MR) is 103 cm³/mol. The topological polar surface area (TPSA) is 38.5 Å². The number of likely N-dealkylation sites (tertiary alicyclic amines) is 1. The molecule has 0 bridgehead atoms. The summed E-state index contributed by atoms with van der Waals surface area (Å²) in [7, 11) is 1.80. The van der Waals surface area contributed by atoms with Gasteiger partial charge in [-0.1, -0.05) is 58.4 Å². The van der Waals surface area contributed by atoms with Gasteiger partial charge in [0.25, 0.3) is 0 Å². The van der Waals surface area contributed by atoms with Crippen molar-refractivity contribution in [1.29, 1.82) is 0 Å². The maximum atomic E-state index is 5.98. The van der Waals surface area contributed by atoms with Gasteiger partial charge in [-0.05, 0) is 35.6 Å². The second-order valence-corrected chi connectivity index (χ2v) is 7.27. The van der Waals surface area contributed by atoms with Crippen molar-refractivity contribution in [2.75, 3.05) is 20.2 Å². The Morgan fingerprint density at radius 3 is 2.58 bits per heavy atom. The molecule has 0 aliphatic carbocycles. The molecule has 4 heteroatoms. The number of nitrogens with two attached hydrogens (primary N) is 1. The van der Waals surface area contributed by atoms with E-state index in [-0.39, 0.29) is 0 Å². The second kappa shape index (κ2) is 8.26. The van der Waals surface area contributed by atoms with Crippen LogP contribution in [-0.2, 0) is 11.3 Å². The standard InChI is InChI=1S/C20H25BrN2O/c1-24-18-10-11-23(17(12-18)13-22)14-15-6-8-16(9-7-15)19-4-2-3-5-20(19)21/h2-9,17-18H,10-14,22H2,1H3. The quantitative estimate of drug-likeness (QED) is 0.839. The fourth-order valence-corrected chi connectivity index (χ4v) is 3.96. The van der Waals surface area contributed by atoms with Crippen molar-refractivity contribution in [3.8, 4) is 11.1 Å². The smallest absolute Gasteiger partial charge is 0.0599 e. The number of hydrogen-bond donors (Lipinski definition) is 1. The number of piperidine rings is 1. The lowest BCUT2D eigenvalue weighted by Crippen LogP contribution is -2.47. The molecule has 0 spiro atoms. The average Bonchev–Trinajstić information content (AvgIpc) is 2.63. The van der Waals surface area contributed by atoms with E-state index in [1.165, 1.54) is 16.7 Å². The molecule has 1 heterocycles. The Labute approximate surface area is 152 Å². The molecule has 2 atom stereocenters. The van der Waals surface area contributed by atoms with Gasteiger partial charge >= 0.3 is 0 Å². The van der Waals surface area contributed by atoms with Crippen LogP contribution in [0, 0.1) is 0 Å². The first kappa shape index (κ1) is 17.6. The van der Waals surface area contributed by atoms with Crippen LogP contribution in [0.5, 0.6) is 0 Å². The van der Waals surface area contributed by atoms with Gasteiger partial charge in [0, 0.05) is 37.3 Å². The van der Waals surface area contributed by atoms with Gasteiger partial charge in [0.2, 0.25) is 0 Å². The summed E-state index contributed by atoms with van der Waals surface area (Å²) >= 11 is 3.63. The molecule has 1 aliphatic heterocycles. The van der Waals surface area contributed by atoms with E-state index >= 15 is 0 Å². The highest BCUT2D eigenvalue weighted by atomic mass is 79.9. The molecule has 1 fully saturated rings. The number of rotatable bonds is 5. The molecule has 3 nitrogen and oxygen atoms in total. The molecule has 1 saturated heterocycles. The average molecular weight is 389 g/mol. The largest absolute Gasteiger partial charge is 0.381 e. The Bertz CT molecular complexity index is 659. The summed E-state index contributed by atoms with van der Waals surface area (Å²) in [5, 5.41) is 0. The zero-order valence-corrected chi connectivity index (χ0v) is 15.7. The van der Waals surface area contributed by atoms with Gasteiger partial charge in [-0.15, -0.1) is 0 Å². The number of benzene rings is 2. The third-order valence-electron chi connectivity index (χ3n) is 4.92. The third kappa shape index (κ3) is 4.06. The molecule has 2 unspecified atom stereocenters. The van der Waals surface area contributed by atoms with E-state index in [0.717, 1.165) is 30.4 Å². The number of hydrogen-bond acceptors (Lipinski definition) is 3. The van der Waals surface area contributed by atoms with Crippen molar-refractivity contribution < 1.29 is 4.74 Å². The second-order valence-electron chi connectivity index (χ2n) is 6.42. The SMILES string of the molecule is COC1CCN(Cc2ccc(-c3ccccc3Br)cc2)C(CN)C1. The zero-order chi connectivity index (χ0) is 16.9. The molecular formula is C20H25BrN2O. The van der Waals surface area contributed by atoms with E-state index in [2.05, 4.69) is 63.3 Å². The molecule has 0 amide bonds. The lowest BCUT2D eigenvalue weighted by Gasteiger charge is -2.38. The molecule has 2 aromatic rings.